The van der Waals surface area contributed by atoms with Crippen LogP contribution in [0.2, 0.25) is 0 Å². The summed E-state index contributed by atoms with van der Waals surface area (Å²) in [6, 6.07) is 7.00. The molecule has 0 radical (unpaired) electrons. The van der Waals surface area contributed by atoms with Gasteiger partial charge in [-0.3, -0.25) is 4.79 Å². The topological polar surface area (TPSA) is 29.1 Å². The van der Waals surface area contributed by atoms with Gasteiger partial charge in [0.1, 0.15) is 0 Å². The van der Waals surface area contributed by atoms with Crippen molar-refractivity contribution in [1.82, 2.24) is 0 Å². The van der Waals surface area contributed by atoms with Gasteiger partial charge < -0.3 is 5.32 Å². The molecule has 1 amide bonds. The molecular weight excluding hydrogens is 169 g/mol. The van der Waals surface area contributed by atoms with E-state index in [4.69, 9.17) is 0 Å². The number of halogens is 1. The van der Waals surface area contributed by atoms with E-state index >= 15 is 0 Å². The predicted octanol–water partition coefficient (Wildman–Crippen LogP) is 2.59. The average molecular weight is 179 g/mol. The fourth-order valence-electron chi connectivity index (χ4n) is 1.01. The molecule has 0 fully saturated rings. The number of rotatable bonds is 2. The smallest absolute Gasteiger partial charge is 0.221 e. The average Bonchev–Trinajstić information content (AvgIpc) is 2.08. The first-order valence-corrected chi connectivity index (χ1v) is 3.87. The molecule has 0 atom stereocenters. The van der Waals surface area contributed by atoms with Gasteiger partial charge >= 0.3 is 0 Å². The van der Waals surface area contributed by atoms with Gasteiger partial charge in [0.2, 0.25) is 5.91 Å². The number of hydrogen-bond acceptors (Lipinski definition) is 1. The second-order valence-electron chi connectivity index (χ2n) is 2.56. The lowest BCUT2D eigenvalue weighted by Gasteiger charge is -2.04. The highest BCUT2D eigenvalue weighted by Gasteiger charge is 1.98. The fourth-order valence-corrected chi connectivity index (χ4v) is 1.01. The van der Waals surface area contributed by atoms with E-state index in [-0.39, 0.29) is 5.91 Å². The molecule has 0 heterocycles. The minimum atomic E-state index is -0.167. The molecule has 0 aliphatic heterocycles. The Morgan fingerprint density at radius 3 is 2.77 bits per heavy atom. The van der Waals surface area contributed by atoms with Crippen molar-refractivity contribution in [3.63, 3.8) is 0 Å². The monoisotopic (exact) mass is 179 g/mol. The molecule has 1 rings (SSSR count). The molecule has 0 aromatic heterocycles. The molecule has 0 saturated carbocycles. The largest absolute Gasteiger partial charge is 0.326 e. The van der Waals surface area contributed by atoms with E-state index in [0.29, 0.717) is 17.6 Å². The molecule has 0 aliphatic carbocycles. The summed E-state index contributed by atoms with van der Waals surface area (Å²) >= 11 is 0. The third-order valence-electron chi connectivity index (χ3n) is 1.51. The minimum Gasteiger partial charge on any atom is -0.326 e. The van der Waals surface area contributed by atoms with Gasteiger partial charge in [-0.1, -0.05) is 18.2 Å². The van der Waals surface area contributed by atoms with E-state index in [1.165, 1.54) is 13.0 Å². The van der Waals surface area contributed by atoms with Crippen molar-refractivity contribution in [1.29, 1.82) is 0 Å². The highest BCUT2D eigenvalue weighted by Crippen LogP contribution is 2.16. The zero-order valence-electron chi connectivity index (χ0n) is 7.25. The third-order valence-corrected chi connectivity index (χ3v) is 1.51. The van der Waals surface area contributed by atoms with Crippen LogP contribution in [-0.2, 0) is 4.79 Å². The highest BCUT2D eigenvalue weighted by molar-refractivity contribution is 5.91. The lowest BCUT2D eigenvalue weighted by Crippen LogP contribution is -2.06. The summed E-state index contributed by atoms with van der Waals surface area (Å²) in [5, 5.41) is 2.60. The van der Waals surface area contributed by atoms with Crippen molar-refractivity contribution in [3.05, 3.63) is 36.2 Å². The summed E-state index contributed by atoms with van der Waals surface area (Å²) in [6.45, 7) is 1.41. The van der Waals surface area contributed by atoms with Crippen LogP contribution in [0, 0.1) is 0 Å². The summed E-state index contributed by atoms with van der Waals surface area (Å²) in [5.41, 5.74) is 1.27. The molecule has 1 aromatic carbocycles. The molecule has 0 aliphatic rings. The Balaban J connectivity index is 2.97. The lowest BCUT2D eigenvalue weighted by atomic mass is 10.2. The Labute approximate surface area is 76.1 Å². The van der Waals surface area contributed by atoms with Crippen molar-refractivity contribution >= 4 is 17.7 Å². The number of anilines is 1. The normalized spacial score (nSPS) is 10.3. The van der Waals surface area contributed by atoms with Crippen molar-refractivity contribution in [2.75, 3.05) is 5.32 Å². The summed E-state index contributed by atoms with van der Waals surface area (Å²) in [4.78, 5) is 10.7. The van der Waals surface area contributed by atoms with Gasteiger partial charge in [0, 0.05) is 18.2 Å². The fraction of sp³-hybridized carbons (Fsp3) is 0.100. The van der Waals surface area contributed by atoms with Crippen LogP contribution in [0.15, 0.2) is 30.6 Å². The van der Waals surface area contributed by atoms with Gasteiger partial charge in [-0.05, 0) is 12.1 Å². The first kappa shape index (κ1) is 9.45. The Kier molecular flexibility index (Phi) is 3.20. The first-order chi connectivity index (χ1) is 6.24. The molecule has 13 heavy (non-hydrogen) atoms. The molecular formula is C10H10FNO. The molecule has 1 aromatic rings. The molecule has 68 valence electrons. The highest BCUT2D eigenvalue weighted by atomic mass is 19.1. The maximum Gasteiger partial charge on any atom is 0.221 e. The van der Waals surface area contributed by atoms with Gasteiger partial charge in [0.25, 0.3) is 0 Å². The zero-order valence-corrected chi connectivity index (χ0v) is 7.25. The van der Waals surface area contributed by atoms with Crippen molar-refractivity contribution in [2.24, 2.45) is 0 Å². The number of carbonyl (C=O) groups is 1. The first-order valence-electron chi connectivity index (χ1n) is 3.87. The SMILES string of the molecule is CC(=O)Nc1ccccc1/C=C/F. The van der Waals surface area contributed by atoms with E-state index in [1.54, 1.807) is 24.3 Å². The summed E-state index contributed by atoms with van der Waals surface area (Å²) in [7, 11) is 0. The van der Waals surface area contributed by atoms with Gasteiger partial charge in [-0.25, -0.2) is 4.39 Å². The van der Waals surface area contributed by atoms with Crippen LogP contribution in [0.25, 0.3) is 6.08 Å². The molecule has 0 unspecified atom stereocenters. The number of para-hydroxylation sites is 1. The summed E-state index contributed by atoms with van der Waals surface area (Å²) < 4.78 is 11.9. The van der Waals surface area contributed by atoms with Gasteiger partial charge in [-0.2, -0.15) is 0 Å². The molecule has 3 heteroatoms. The Bertz CT molecular complexity index is 333. The number of nitrogens with one attached hydrogen (secondary N) is 1. The molecule has 1 N–H and O–H groups in total. The van der Waals surface area contributed by atoms with E-state index in [0.717, 1.165) is 0 Å². The minimum absolute atomic E-state index is 0.167. The molecule has 0 saturated heterocycles. The second kappa shape index (κ2) is 4.40. The van der Waals surface area contributed by atoms with Crippen LogP contribution in [0.4, 0.5) is 10.1 Å². The molecule has 0 bridgehead atoms. The number of hydrogen-bond donors (Lipinski definition) is 1. The van der Waals surface area contributed by atoms with Gasteiger partial charge in [0.15, 0.2) is 0 Å². The van der Waals surface area contributed by atoms with Crippen LogP contribution in [0.3, 0.4) is 0 Å². The maximum atomic E-state index is 11.9. The molecule has 2 nitrogen and oxygen atoms in total. The van der Waals surface area contributed by atoms with Crippen LogP contribution in [-0.4, -0.2) is 5.91 Å². The second-order valence-corrected chi connectivity index (χ2v) is 2.56. The third kappa shape index (κ3) is 2.71. The van der Waals surface area contributed by atoms with Crippen molar-refractivity contribution in [2.45, 2.75) is 6.92 Å². The number of carbonyl (C=O) groups excluding carboxylic acids is 1. The van der Waals surface area contributed by atoms with Crippen LogP contribution in [0.1, 0.15) is 12.5 Å². The Morgan fingerprint density at radius 2 is 2.15 bits per heavy atom. The Morgan fingerprint density at radius 1 is 1.46 bits per heavy atom. The van der Waals surface area contributed by atoms with Crippen molar-refractivity contribution in [3.8, 4) is 0 Å². The Hall–Kier alpha value is -1.64. The van der Waals surface area contributed by atoms with E-state index in [2.05, 4.69) is 5.32 Å². The number of benzene rings is 1. The van der Waals surface area contributed by atoms with Gasteiger partial charge in [-0.15, -0.1) is 0 Å². The van der Waals surface area contributed by atoms with Gasteiger partial charge in [0.05, 0.1) is 6.33 Å². The summed E-state index contributed by atoms with van der Waals surface area (Å²) in [5.74, 6) is -0.167. The number of amides is 1. The van der Waals surface area contributed by atoms with E-state index < -0.39 is 0 Å². The predicted molar refractivity (Wildman–Crippen MR) is 50.9 cm³/mol. The standard InChI is InChI=1S/C10H10FNO/c1-8(13)12-10-5-3-2-4-9(10)6-7-11/h2-7H,1H3,(H,12,13)/b7-6+. The molecule has 0 spiro atoms. The van der Waals surface area contributed by atoms with E-state index in [1.807, 2.05) is 0 Å². The zero-order chi connectivity index (χ0) is 9.68. The van der Waals surface area contributed by atoms with Crippen molar-refractivity contribution < 1.29 is 9.18 Å². The van der Waals surface area contributed by atoms with Crippen LogP contribution >= 0.6 is 0 Å². The quantitative estimate of drug-likeness (QED) is 0.742. The van der Waals surface area contributed by atoms with E-state index in [9.17, 15) is 9.18 Å². The van der Waals surface area contributed by atoms with Crippen LogP contribution in [0.5, 0.6) is 0 Å². The van der Waals surface area contributed by atoms with Crippen LogP contribution < -0.4 is 5.32 Å². The lowest BCUT2D eigenvalue weighted by molar-refractivity contribution is -0.114. The maximum absolute atomic E-state index is 11.9. The summed E-state index contributed by atoms with van der Waals surface area (Å²) in [6.07, 6.45) is 1.74.